The van der Waals surface area contributed by atoms with E-state index >= 15 is 0 Å². The van der Waals surface area contributed by atoms with Gasteiger partial charge in [-0.2, -0.15) is 0 Å². The molecule has 0 radical (unpaired) electrons. The van der Waals surface area contributed by atoms with E-state index in [0.717, 1.165) is 31.1 Å². The zero-order valence-corrected chi connectivity index (χ0v) is 12.6. The van der Waals surface area contributed by atoms with Crippen LogP contribution in [0.1, 0.15) is 69.3 Å². The molecule has 1 N–H and O–H groups in total. The Bertz CT molecular complexity index is 463. The third-order valence-corrected chi connectivity index (χ3v) is 4.72. The molecule has 110 valence electrons. The number of hydrogen-bond donors (Lipinski definition) is 1. The van der Waals surface area contributed by atoms with Crippen LogP contribution in [-0.2, 0) is 10.3 Å². The Morgan fingerprint density at radius 2 is 2.00 bits per heavy atom. The normalized spacial score (nSPS) is 27.7. The molecule has 4 heteroatoms. The highest BCUT2D eigenvalue weighted by Gasteiger charge is 2.34. The minimum absolute atomic E-state index is 0.307. The van der Waals surface area contributed by atoms with Crippen LogP contribution in [0.15, 0.2) is 6.07 Å². The van der Waals surface area contributed by atoms with Crippen molar-refractivity contribution >= 4 is 5.82 Å². The number of anilines is 1. The summed E-state index contributed by atoms with van der Waals surface area (Å²) in [7, 11) is 1.93. The van der Waals surface area contributed by atoms with Gasteiger partial charge < -0.3 is 10.1 Å². The van der Waals surface area contributed by atoms with Crippen molar-refractivity contribution in [3.05, 3.63) is 17.6 Å². The molecule has 3 rings (SSSR count). The average Bonchev–Trinajstić information content (AvgIpc) is 3.02. The first kappa shape index (κ1) is 13.8. The molecule has 1 aliphatic carbocycles. The van der Waals surface area contributed by atoms with Gasteiger partial charge in [0.1, 0.15) is 11.4 Å². The fourth-order valence-electron chi connectivity index (χ4n) is 3.37. The van der Waals surface area contributed by atoms with Gasteiger partial charge in [-0.05, 0) is 39.0 Å². The summed E-state index contributed by atoms with van der Waals surface area (Å²) in [6.07, 6.45) is 8.54. The number of nitrogens with one attached hydrogen (secondary N) is 1. The van der Waals surface area contributed by atoms with Crippen molar-refractivity contribution in [1.29, 1.82) is 0 Å². The van der Waals surface area contributed by atoms with Crippen molar-refractivity contribution in [2.75, 3.05) is 19.0 Å². The van der Waals surface area contributed by atoms with Crippen LogP contribution in [0.25, 0.3) is 0 Å². The Labute approximate surface area is 121 Å². The van der Waals surface area contributed by atoms with E-state index in [1.54, 1.807) is 0 Å². The predicted octanol–water partition coefficient (Wildman–Crippen LogP) is 3.59. The minimum atomic E-state index is -0.307. The van der Waals surface area contributed by atoms with Gasteiger partial charge in [0.15, 0.2) is 5.82 Å². The first-order chi connectivity index (χ1) is 9.71. The van der Waals surface area contributed by atoms with Crippen molar-refractivity contribution in [3.63, 3.8) is 0 Å². The van der Waals surface area contributed by atoms with Gasteiger partial charge in [-0.15, -0.1) is 0 Å². The van der Waals surface area contributed by atoms with Gasteiger partial charge in [-0.3, -0.25) is 0 Å². The summed E-state index contributed by atoms with van der Waals surface area (Å²) in [4.78, 5) is 9.55. The largest absolute Gasteiger partial charge is 0.373 e. The fourth-order valence-corrected chi connectivity index (χ4v) is 3.37. The number of hydrogen-bond acceptors (Lipinski definition) is 4. The van der Waals surface area contributed by atoms with Crippen LogP contribution >= 0.6 is 0 Å². The molecule has 1 saturated heterocycles. The summed E-state index contributed by atoms with van der Waals surface area (Å²) < 4.78 is 6.02. The van der Waals surface area contributed by atoms with Crippen molar-refractivity contribution in [2.45, 2.75) is 63.4 Å². The molecule has 2 heterocycles. The first-order valence-corrected chi connectivity index (χ1v) is 7.92. The van der Waals surface area contributed by atoms with Gasteiger partial charge in [0.25, 0.3) is 0 Å². The van der Waals surface area contributed by atoms with E-state index in [1.165, 1.54) is 37.8 Å². The third kappa shape index (κ3) is 2.66. The zero-order valence-electron chi connectivity index (χ0n) is 12.6. The highest BCUT2D eigenvalue weighted by atomic mass is 16.5. The molecule has 0 spiro atoms. The summed E-state index contributed by atoms with van der Waals surface area (Å²) in [5.41, 5.74) is 0.894. The highest BCUT2D eigenvalue weighted by Crippen LogP contribution is 2.37. The molecule has 2 fully saturated rings. The molecule has 1 aromatic rings. The summed E-state index contributed by atoms with van der Waals surface area (Å²) in [5, 5.41) is 3.18. The molecular formula is C16H25N3O. The van der Waals surface area contributed by atoms with Gasteiger partial charge in [0.2, 0.25) is 0 Å². The minimum Gasteiger partial charge on any atom is -0.373 e. The SMILES string of the molecule is CNc1cc(C2CCCC2)nc(C2(C)CCCCO2)n1. The molecule has 20 heavy (non-hydrogen) atoms. The zero-order chi connectivity index (χ0) is 14.0. The molecule has 1 saturated carbocycles. The van der Waals surface area contributed by atoms with E-state index in [1.807, 2.05) is 7.05 Å². The van der Waals surface area contributed by atoms with Gasteiger partial charge in [-0.1, -0.05) is 12.8 Å². The topological polar surface area (TPSA) is 47.0 Å². The van der Waals surface area contributed by atoms with Crippen LogP contribution in [0.2, 0.25) is 0 Å². The Balaban J connectivity index is 1.94. The lowest BCUT2D eigenvalue weighted by Gasteiger charge is -2.33. The second-order valence-electron chi connectivity index (χ2n) is 6.27. The number of rotatable bonds is 3. The number of nitrogens with zero attached hydrogens (tertiary/aromatic N) is 2. The number of aromatic nitrogens is 2. The molecular weight excluding hydrogens is 250 g/mol. The van der Waals surface area contributed by atoms with E-state index < -0.39 is 0 Å². The maximum absolute atomic E-state index is 6.02. The summed E-state index contributed by atoms with van der Waals surface area (Å²) in [5.74, 6) is 2.40. The van der Waals surface area contributed by atoms with E-state index in [0.29, 0.717) is 5.92 Å². The van der Waals surface area contributed by atoms with Crippen molar-refractivity contribution in [3.8, 4) is 0 Å². The first-order valence-electron chi connectivity index (χ1n) is 7.92. The molecule has 0 aromatic carbocycles. The van der Waals surface area contributed by atoms with Gasteiger partial charge in [0.05, 0.1) is 0 Å². The lowest BCUT2D eigenvalue weighted by atomic mass is 9.94. The van der Waals surface area contributed by atoms with Crippen LogP contribution in [0, 0.1) is 0 Å². The average molecular weight is 275 g/mol. The summed E-state index contributed by atoms with van der Waals surface area (Å²) >= 11 is 0. The third-order valence-electron chi connectivity index (χ3n) is 4.72. The Morgan fingerprint density at radius 3 is 2.65 bits per heavy atom. The molecule has 1 atom stereocenters. The van der Waals surface area contributed by atoms with Gasteiger partial charge >= 0.3 is 0 Å². The van der Waals surface area contributed by atoms with Crippen LogP contribution in [0.5, 0.6) is 0 Å². The molecule has 0 bridgehead atoms. The lowest BCUT2D eigenvalue weighted by molar-refractivity contribution is -0.0761. The van der Waals surface area contributed by atoms with Crippen LogP contribution < -0.4 is 5.32 Å². The van der Waals surface area contributed by atoms with Gasteiger partial charge in [-0.25, -0.2) is 9.97 Å². The van der Waals surface area contributed by atoms with Crippen LogP contribution in [0.4, 0.5) is 5.82 Å². The molecule has 2 aliphatic rings. The van der Waals surface area contributed by atoms with E-state index in [-0.39, 0.29) is 5.60 Å². The summed E-state index contributed by atoms with van der Waals surface area (Å²) in [6, 6.07) is 2.12. The van der Waals surface area contributed by atoms with Crippen molar-refractivity contribution < 1.29 is 4.74 Å². The highest BCUT2D eigenvalue weighted by molar-refractivity contribution is 5.37. The summed E-state index contributed by atoms with van der Waals surface area (Å²) in [6.45, 7) is 2.96. The lowest BCUT2D eigenvalue weighted by Crippen LogP contribution is -2.33. The quantitative estimate of drug-likeness (QED) is 0.915. The molecule has 0 amide bonds. The van der Waals surface area contributed by atoms with Crippen LogP contribution in [0.3, 0.4) is 0 Å². The monoisotopic (exact) mass is 275 g/mol. The van der Waals surface area contributed by atoms with Crippen molar-refractivity contribution in [1.82, 2.24) is 9.97 Å². The maximum atomic E-state index is 6.02. The smallest absolute Gasteiger partial charge is 0.162 e. The Hall–Kier alpha value is -1.16. The standard InChI is InChI=1S/C16H25N3O/c1-16(9-5-6-10-20-16)15-18-13(11-14(17-2)19-15)12-7-3-4-8-12/h11-12H,3-10H2,1-2H3,(H,17,18,19). The van der Waals surface area contributed by atoms with Crippen molar-refractivity contribution in [2.24, 2.45) is 0 Å². The molecule has 1 aliphatic heterocycles. The van der Waals surface area contributed by atoms with E-state index in [4.69, 9.17) is 9.72 Å². The Morgan fingerprint density at radius 1 is 1.20 bits per heavy atom. The maximum Gasteiger partial charge on any atom is 0.162 e. The predicted molar refractivity (Wildman–Crippen MR) is 79.9 cm³/mol. The Kier molecular flexibility index (Phi) is 3.92. The molecule has 4 nitrogen and oxygen atoms in total. The molecule has 1 aromatic heterocycles. The number of ether oxygens (including phenoxy) is 1. The van der Waals surface area contributed by atoms with Gasteiger partial charge in [0, 0.05) is 31.3 Å². The van der Waals surface area contributed by atoms with Crippen LogP contribution in [-0.4, -0.2) is 23.6 Å². The second-order valence-corrected chi connectivity index (χ2v) is 6.27. The fraction of sp³-hybridized carbons (Fsp3) is 0.750. The second kappa shape index (κ2) is 5.68. The molecule has 1 unspecified atom stereocenters. The van der Waals surface area contributed by atoms with E-state index in [9.17, 15) is 0 Å². The van der Waals surface area contributed by atoms with E-state index in [2.05, 4.69) is 23.3 Å².